The number of nitrogens with zero attached hydrogens (tertiary/aromatic N) is 3. The molecule has 2 aromatic rings. The van der Waals surface area contributed by atoms with Crippen LogP contribution >= 0.6 is 0 Å². The van der Waals surface area contributed by atoms with E-state index in [4.69, 9.17) is 0 Å². The molecule has 1 N–H and O–H groups in total. The van der Waals surface area contributed by atoms with Gasteiger partial charge >= 0.3 is 0 Å². The summed E-state index contributed by atoms with van der Waals surface area (Å²) in [4.78, 5) is 7.01. The second kappa shape index (κ2) is 8.77. The van der Waals surface area contributed by atoms with Crippen LogP contribution < -0.4 is 0 Å². The zero-order chi connectivity index (χ0) is 17.5. The summed E-state index contributed by atoms with van der Waals surface area (Å²) in [6, 6.07) is 6.09. The number of rotatable bonds is 6. The lowest BCUT2D eigenvalue weighted by Crippen LogP contribution is -2.34. The Morgan fingerprint density at radius 3 is 2.80 bits per heavy atom. The summed E-state index contributed by atoms with van der Waals surface area (Å²) in [5.41, 5.74) is 5.11. The molecule has 0 bridgehead atoms. The molecular weight excluding hydrogens is 308 g/mol. The number of hydrogen-bond acceptors (Lipinski definition) is 3. The highest BCUT2D eigenvalue weighted by Gasteiger charge is 2.24. The first-order chi connectivity index (χ1) is 12.3. The van der Waals surface area contributed by atoms with Crippen molar-refractivity contribution in [2.75, 3.05) is 19.6 Å². The predicted molar refractivity (Wildman–Crippen MR) is 103 cm³/mol. The zero-order valence-corrected chi connectivity index (χ0v) is 15.3. The summed E-state index contributed by atoms with van der Waals surface area (Å²) in [6.07, 6.45) is 13.6. The lowest BCUT2D eigenvalue weighted by Gasteiger charge is -2.32. The number of pyridine rings is 1. The fraction of sp³-hybridized carbons (Fsp3) is 0.429. The van der Waals surface area contributed by atoms with Gasteiger partial charge in [0.2, 0.25) is 0 Å². The first kappa shape index (κ1) is 17.6. The molecule has 1 fully saturated rings. The quantitative estimate of drug-likeness (QED) is 0.808. The van der Waals surface area contributed by atoms with Crippen LogP contribution in [0.1, 0.15) is 49.6 Å². The maximum Gasteiger partial charge on any atom is 0.0526 e. The molecule has 132 valence electrons. The van der Waals surface area contributed by atoms with E-state index in [-0.39, 0.29) is 0 Å². The number of piperidine rings is 1. The summed E-state index contributed by atoms with van der Waals surface area (Å²) < 4.78 is 0. The first-order valence-electron chi connectivity index (χ1n) is 9.22. The molecule has 1 aliphatic heterocycles. The van der Waals surface area contributed by atoms with Crippen LogP contribution in [0.25, 0.3) is 0 Å². The Bertz CT molecular complexity index is 707. The Hall–Kier alpha value is -2.20. The minimum Gasteiger partial charge on any atom is -0.299 e. The maximum absolute atomic E-state index is 4.45. The molecule has 25 heavy (non-hydrogen) atoms. The number of aromatic nitrogens is 3. The van der Waals surface area contributed by atoms with Crippen LogP contribution in [0.15, 0.2) is 54.4 Å². The third kappa shape index (κ3) is 4.67. The van der Waals surface area contributed by atoms with E-state index >= 15 is 0 Å². The van der Waals surface area contributed by atoms with Gasteiger partial charge in [0.15, 0.2) is 0 Å². The van der Waals surface area contributed by atoms with Crippen LogP contribution in [0.5, 0.6) is 0 Å². The standard InChI is InChI=1S/C21H28N4/c1-3-7-17(4-2)16-25-12-9-18(10-13-25)21-19(15-23-24-21)14-20-8-5-6-11-22-20/h3-8,11,15,18H,9-10,12-14,16H2,1-2H3,(H,23,24). The van der Waals surface area contributed by atoms with Crippen molar-refractivity contribution in [3.63, 3.8) is 0 Å². The molecule has 0 amide bonds. The molecule has 4 heteroatoms. The normalized spacial score (nSPS) is 17.4. The molecule has 0 atom stereocenters. The Balaban J connectivity index is 1.59. The average molecular weight is 336 g/mol. The smallest absolute Gasteiger partial charge is 0.0526 e. The average Bonchev–Trinajstić information content (AvgIpc) is 3.11. The van der Waals surface area contributed by atoms with Crippen molar-refractivity contribution in [2.45, 2.75) is 39.0 Å². The number of nitrogens with one attached hydrogen (secondary N) is 1. The summed E-state index contributed by atoms with van der Waals surface area (Å²) >= 11 is 0. The lowest BCUT2D eigenvalue weighted by atomic mass is 9.90. The number of aromatic amines is 1. The highest BCUT2D eigenvalue weighted by Crippen LogP contribution is 2.30. The van der Waals surface area contributed by atoms with Crippen molar-refractivity contribution in [2.24, 2.45) is 0 Å². The fourth-order valence-electron chi connectivity index (χ4n) is 3.61. The van der Waals surface area contributed by atoms with Gasteiger partial charge in [-0.3, -0.25) is 15.0 Å². The van der Waals surface area contributed by atoms with Gasteiger partial charge < -0.3 is 0 Å². The van der Waals surface area contributed by atoms with E-state index in [2.05, 4.69) is 58.2 Å². The van der Waals surface area contributed by atoms with E-state index in [1.54, 1.807) is 0 Å². The van der Waals surface area contributed by atoms with Crippen LogP contribution in [-0.2, 0) is 6.42 Å². The van der Waals surface area contributed by atoms with Crippen LogP contribution in [0.3, 0.4) is 0 Å². The van der Waals surface area contributed by atoms with Gasteiger partial charge in [-0.2, -0.15) is 5.10 Å². The van der Waals surface area contributed by atoms with E-state index in [1.807, 2.05) is 24.5 Å². The van der Waals surface area contributed by atoms with Crippen molar-refractivity contribution < 1.29 is 0 Å². The van der Waals surface area contributed by atoms with Gasteiger partial charge in [-0.1, -0.05) is 24.3 Å². The molecule has 0 unspecified atom stereocenters. The maximum atomic E-state index is 4.45. The molecule has 0 saturated carbocycles. The van der Waals surface area contributed by atoms with Crippen molar-refractivity contribution in [1.82, 2.24) is 20.1 Å². The molecule has 0 radical (unpaired) electrons. The second-order valence-electron chi connectivity index (χ2n) is 6.72. The van der Waals surface area contributed by atoms with E-state index in [1.165, 1.54) is 29.7 Å². The third-order valence-electron chi connectivity index (χ3n) is 5.00. The minimum atomic E-state index is 0.577. The predicted octanol–water partition coefficient (Wildman–Crippen LogP) is 4.10. The topological polar surface area (TPSA) is 44.8 Å². The molecule has 0 aliphatic carbocycles. The van der Waals surface area contributed by atoms with E-state index in [0.717, 1.165) is 31.7 Å². The molecule has 2 aromatic heterocycles. The molecule has 1 aliphatic rings. The summed E-state index contributed by atoms with van der Waals surface area (Å²) in [5.74, 6) is 0.577. The summed E-state index contributed by atoms with van der Waals surface area (Å²) in [6.45, 7) is 7.54. The highest BCUT2D eigenvalue weighted by atomic mass is 15.1. The molecule has 1 saturated heterocycles. The van der Waals surface area contributed by atoms with Crippen LogP contribution in [-0.4, -0.2) is 39.7 Å². The van der Waals surface area contributed by atoms with E-state index in [9.17, 15) is 0 Å². The number of allylic oxidation sites excluding steroid dienone is 2. The monoisotopic (exact) mass is 336 g/mol. The summed E-state index contributed by atoms with van der Waals surface area (Å²) in [7, 11) is 0. The van der Waals surface area contributed by atoms with Gasteiger partial charge in [0.25, 0.3) is 0 Å². The SMILES string of the molecule is CC=CC(=CC)CN1CCC(c2[nH]ncc2Cc2ccccn2)CC1. The van der Waals surface area contributed by atoms with Crippen LogP contribution in [0.2, 0.25) is 0 Å². The van der Waals surface area contributed by atoms with Gasteiger partial charge in [-0.15, -0.1) is 0 Å². The Morgan fingerprint density at radius 2 is 2.12 bits per heavy atom. The second-order valence-corrected chi connectivity index (χ2v) is 6.72. The van der Waals surface area contributed by atoms with Crippen molar-refractivity contribution in [3.8, 4) is 0 Å². The Kier molecular flexibility index (Phi) is 6.18. The Labute approximate surface area is 150 Å². The van der Waals surface area contributed by atoms with Gasteiger partial charge in [0, 0.05) is 36.5 Å². The van der Waals surface area contributed by atoms with Crippen LogP contribution in [0, 0.1) is 0 Å². The zero-order valence-electron chi connectivity index (χ0n) is 15.3. The third-order valence-corrected chi connectivity index (χ3v) is 5.00. The fourth-order valence-corrected chi connectivity index (χ4v) is 3.61. The molecule has 3 heterocycles. The van der Waals surface area contributed by atoms with Crippen molar-refractivity contribution in [1.29, 1.82) is 0 Å². The van der Waals surface area contributed by atoms with Crippen molar-refractivity contribution in [3.05, 3.63) is 71.3 Å². The van der Waals surface area contributed by atoms with Gasteiger partial charge in [-0.05, 0) is 63.0 Å². The molecular formula is C21H28N4. The summed E-state index contributed by atoms with van der Waals surface area (Å²) in [5, 5.41) is 7.58. The van der Waals surface area contributed by atoms with Crippen molar-refractivity contribution >= 4 is 0 Å². The molecule has 0 aromatic carbocycles. The highest BCUT2D eigenvalue weighted by molar-refractivity contribution is 5.26. The van der Waals surface area contributed by atoms with Gasteiger partial charge in [0.1, 0.15) is 0 Å². The van der Waals surface area contributed by atoms with E-state index in [0.29, 0.717) is 5.92 Å². The largest absolute Gasteiger partial charge is 0.299 e. The molecule has 0 spiro atoms. The molecule has 3 rings (SSSR count). The lowest BCUT2D eigenvalue weighted by molar-refractivity contribution is 0.227. The number of hydrogen-bond donors (Lipinski definition) is 1. The van der Waals surface area contributed by atoms with Crippen LogP contribution in [0.4, 0.5) is 0 Å². The van der Waals surface area contributed by atoms with Gasteiger partial charge in [-0.25, -0.2) is 0 Å². The first-order valence-corrected chi connectivity index (χ1v) is 9.22. The van der Waals surface area contributed by atoms with E-state index < -0.39 is 0 Å². The Morgan fingerprint density at radius 1 is 1.28 bits per heavy atom. The molecule has 4 nitrogen and oxygen atoms in total. The minimum absolute atomic E-state index is 0.577. The van der Waals surface area contributed by atoms with Gasteiger partial charge in [0.05, 0.1) is 6.20 Å². The number of likely N-dealkylation sites (tertiary alicyclic amines) is 1. The number of H-pyrrole nitrogens is 1.